The van der Waals surface area contributed by atoms with E-state index in [9.17, 15) is 9.18 Å². The van der Waals surface area contributed by atoms with Crippen LogP contribution in [0.4, 0.5) is 14.9 Å². The van der Waals surface area contributed by atoms with Gasteiger partial charge in [0, 0.05) is 43.1 Å². The van der Waals surface area contributed by atoms with Crippen molar-refractivity contribution in [1.29, 1.82) is 0 Å². The number of nitrogens with zero attached hydrogens (tertiary/aromatic N) is 2. The van der Waals surface area contributed by atoms with E-state index in [1.165, 1.54) is 12.1 Å². The highest BCUT2D eigenvalue weighted by Gasteiger charge is 2.20. The topological polar surface area (TPSA) is 35.6 Å². The summed E-state index contributed by atoms with van der Waals surface area (Å²) in [5, 5.41) is 3.41. The van der Waals surface area contributed by atoms with E-state index < -0.39 is 0 Å². The van der Waals surface area contributed by atoms with Crippen LogP contribution >= 0.6 is 11.6 Å². The molecule has 0 unspecified atom stereocenters. The Kier molecular flexibility index (Phi) is 5.56. The lowest BCUT2D eigenvalue weighted by atomic mass is 10.2. The summed E-state index contributed by atoms with van der Waals surface area (Å²) < 4.78 is 13.0. The van der Waals surface area contributed by atoms with Crippen LogP contribution in [0, 0.1) is 5.82 Å². The summed E-state index contributed by atoms with van der Waals surface area (Å²) in [6.45, 7) is 2.66. The summed E-state index contributed by atoms with van der Waals surface area (Å²) in [5.74, 6) is -0.243. The van der Waals surface area contributed by atoms with Gasteiger partial charge < -0.3 is 15.1 Å². The number of hydrogen-bond donors (Lipinski definition) is 1. The molecule has 25 heavy (non-hydrogen) atoms. The molecular weight excluding hydrogens is 341 g/mol. The molecule has 1 saturated heterocycles. The lowest BCUT2D eigenvalue weighted by molar-refractivity contribution is 0.198. The first kappa shape index (κ1) is 17.3. The largest absolute Gasteiger partial charge is 0.368 e. The molecule has 1 N–H and O–H groups in total. The lowest BCUT2D eigenvalue weighted by Gasteiger charge is -2.35. The van der Waals surface area contributed by atoms with Crippen LogP contribution in [0.5, 0.6) is 0 Å². The molecule has 0 atom stereocenters. The Hall–Kier alpha value is -2.53. The zero-order chi connectivity index (χ0) is 17.6. The predicted molar refractivity (Wildman–Crippen MR) is 99.2 cm³/mol. The zero-order valence-electron chi connectivity index (χ0n) is 13.7. The van der Waals surface area contributed by atoms with Crippen molar-refractivity contribution in [1.82, 2.24) is 10.2 Å². The van der Waals surface area contributed by atoms with Gasteiger partial charge in [-0.3, -0.25) is 0 Å². The number of carbonyl (C=O) groups is 1. The second-order valence-electron chi connectivity index (χ2n) is 5.75. The van der Waals surface area contributed by atoms with E-state index in [2.05, 4.69) is 10.2 Å². The van der Waals surface area contributed by atoms with Crippen molar-refractivity contribution in [2.45, 2.75) is 0 Å². The first-order valence-corrected chi connectivity index (χ1v) is 8.48. The van der Waals surface area contributed by atoms with Crippen molar-refractivity contribution in [3.8, 4) is 0 Å². The first-order valence-electron chi connectivity index (χ1n) is 8.10. The number of carbonyl (C=O) groups excluding carboxylic acids is 1. The molecule has 0 spiro atoms. The van der Waals surface area contributed by atoms with Crippen molar-refractivity contribution >= 4 is 29.4 Å². The van der Waals surface area contributed by atoms with Gasteiger partial charge in [-0.05, 0) is 42.0 Å². The third-order valence-corrected chi connectivity index (χ3v) is 4.48. The molecular formula is C19H19ClFN3O. The summed E-state index contributed by atoms with van der Waals surface area (Å²) in [4.78, 5) is 16.1. The fraction of sp³-hybridized carbons (Fsp3) is 0.211. The number of benzene rings is 2. The van der Waals surface area contributed by atoms with Crippen molar-refractivity contribution < 1.29 is 9.18 Å². The first-order chi connectivity index (χ1) is 12.1. The molecule has 0 saturated carbocycles. The van der Waals surface area contributed by atoms with Crippen molar-refractivity contribution in [3.05, 3.63) is 71.1 Å². The van der Waals surface area contributed by atoms with Crippen LogP contribution in [0.3, 0.4) is 0 Å². The molecule has 4 nitrogen and oxygen atoms in total. The molecule has 0 aromatic heterocycles. The molecule has 2 amide bonds. The van der Waals surface area contributed by atoms with Gasteiger partial charge in [0.15, 0.2) is 0 Å². The molecule has 2 aromatic carbocycles. The minimum absolute atomic E-state index is 0.137. The Labute approximate surface area is 151 Å². The van der Waals surface area contributed by atoms with E-state index in [1.54, 1.807) is 35.4 Å². The summed E-state index contributed by atoms with van der Waals surface area (Å²) in [6.07, 6.45) is 3.38. The number of piperazine rings is 1. The fourth-order valence-electron chi connectivity index (χ4n) is 2.72. The van der Waals surface area contributed by atoms with Gasteiger partial charge in [-0.1, -0.05) is 29.8 Å². The molecule has 1 aliphatic rings. The lowest BCUT2D eigenvalue weighted by Crippen LogP contribution is -2.51. The molecule has 1 heterocycles. The van der Waals surface area contributed by atoms with E-state index in [1.807, 2.05) is 18.2 Å². The van der Waals surface area contributed by atoms with Gasteiger partial charge in [0.2, 0.25) is 0 Å². The van der Waals surface area contributed by atoms with Gasteiger partial charge in [0.1, 0.15) is 5.82 Å². The van der Waals surface area contributed by atoms with E-state index in [0.29, 0.717) is 31.2 Å². The second-order valence-corrected chi connectivity index (χ2v) is 6.16. The number of hydrogen-bond acceptors (Lipinski definition) is 2. The fourth-order valence-corrected chi connectivity index (χ4v) is 2.92. The summed E-state index contributed by atoms with van der Waals surface area (Å²) >= 11 is 6.07. The van der Waals surface area contributed by atoms with Gasteiger partial charge in [0.25, 0.3) is 0 Å². The maximum absolute atomic E-state index is 13.0. The van der Waals surface area contributed by atoms with Gasteiger partial charge in [0.05, 0.1) is 0 Å². The standard InChI is InChI=1S/C19H19ClFN3O/c20-18-4-2-1-3-15(18)9-10-22-19(25)24-13-11-23(12-14-24)17-7-5-16(21)6-8-17/h1-10H,11-14H2,(H,22,25)/b10-9+. The van der Waals surface area contributed by atoms with Crippen molar-refractivity contribution in [3.63, 3.8) is 0 Å². The van der Waals surface area contributed by atoms with E-state index in [4.69, 9.17) is 11.6 Å². The molecule has 1 aliphatic heterocycles. The maximum atomic E-state index is 13.0. The summed E-state index contributed by atoms with van der Waals surface area (Å²) in [7, 11) is 0. The van der Waals surface area contributed by atoms with Crippen LogP contribution in [0.15, 0.2) is 54.7 Å². The van der Waals surface area contributed by atoms with Crippen LogP contribution in [0.2, 0.25) is 5.02 Å². The Bertz CT molecular complexity index is 756. The highest BCUT2D eigenvalue weighted by molar-refractivity contribution is 6.32. The predicted octanol–water partition coefficient (Wildman–Crippen LogP) is 3.98. The quantitative estimate of drug-likeness (QED) is 0.899. The Balaban J connectivity index is 1.50. The number of anilines is 1. The van der Waals surface area contributed by atoms with Gasteiger partial charge in [-0.15, -0.1) is 0 Å². The number of nitrogens with one attached hydrogen (secondary N) is 1. The summed E-state index contributed by atoms with van der Waals surface area (Å²) in [6, 6.07) is 13.7. The molecule has 0 aliphatic carbocycles. The number of rotatable bonds is 3. The van der Waals surface area contributed by atoms with Crippen LogP contribution in [-0.2, 0) is 0 Å². The molecule has 2 aromatic rings. The van der Waals surface area contributed by atoms with E-state index in [-0.39, 0.29) is 11.8 Å². The SMILES string of the molecule is O=C(N/C=C/c1ccccc1Cl)N1CCN(c2ccc(F)cc2)CC1. The molecule has 130 valence electrons. The minimum Gasteiger partial charge on any atom is -0.368 e. The third kappa shape index (κ3) is 4.51. The Morgan fingerprint density at radius 1 is 1.04 bits per heavy atom. The zero-order valence-corrected chi connectivity index (χ0v) is 14.4. The van der Waals surface area contributed by atoms with Crippen LogP contribution in [0.25, 0.3) is 6.08 Å². The number of amides is 2. The smallest absolute Gasteiger partial charge is 0.321 e. The minimum atomic E-state index is -0.243. The average molecular weight is 360 g/mol. The van der Waals surface area contributed by atoms with E-state index >= 15 is 0 Å². The van der Waals surface area contributed by atoms with Gasteiger partial charge in [-0.2, -0.15) is 0 Å². The van der Waals surface area contributed by atoms with Crippen LogP contribution in [-0.4, -0.2) is 37.1 Å². The summed E-state index contributed by atoms with van der Waals surface area (Å²) in [5.41, 5.74) is 1.82. The Morgan fingerprint density at radius 3 is 2.40 bits per heavy atom. The highest BCUT2D eigenvalue weighted by Crippen LogP contribution is 2.17. The monoisotopic (exact) mass is 359 g/mol. The van der Waals surface area contributed by atoms with Crippen molar-refractivity contribution in [2.75, 3.05) is 31.1 Å². The van der Waals surface area contributed by atoms with Gasteiger partial charge >= 0.3 is 6.03 Å². The van der Waals surface area contributed by atoms with Gasteiger partial charge in [-0.25, -0.2) is 9.18 Å². The van der Waals surface area contributed by atoms with Crippen molar-refractivity contribution in [2.24, 2.45) is 0 Å². The van der Waals surface area contributed by atoms with Crippen LogP contribution in [0.1, 0.15) is 5.56 Å². The second kappa shape index (κ2) is 8.03. The maximum Gasteiger partial charge on any atom is 0.321 e. The van der Waals surface area contributed by atoms with E-state index in [0.717, 1.165) is 11.3 Å². The molecule has 1 fully saturated rings. The molecule has 0 bridgehead atoms. The highest BCUT2D eigenvalue weighted by atomic mass is 35.5. The van der Waals surface area contributed by atoms with Crippen LogP contribution < -0.4 is 10.2 Å². The number of urea groups is 1. The molecule has 6 heteroatoms. The molecule has 0 radical (unpaired) electrons. The number of halogens is 2. The molecule has 3 rings (SSSR count). The average Bonchev–Trinajstić information content (AvgIpc) is 2.64. The third-order valence-electron chi connectivity index (χ3n) is 4.13. The normalized spacial score (nSPS) is 14.8. The Morgan fingerprint density at radius 2 is 1.72 bits per heavy atom.